The van der Waals surface area contributed by atoms with Crippen molar-refractivity contribution < 1.29 is 4.79 Å². The summed E-state index contributed by atoms with van der Waals surface area (Å²) >= 11 is 6.02. The van der Waals surface area contributed by atoms with Gasteiger partial charge in [-0.05, 0) is 50.2 Å². The Morgan fingerprint density at radius 1 is 1.12 bits per heavy atom. The van der Waals surface area contributed by atoms with Crippen LogP contribution in [0.2, 0.25) is 5.02 Å². The van der Waals surface area contributed by atoms with E-state index in [2.05, 4.69) is 29.0 Å². The van der Waals surface area contributed by atoms with Gasteiger partial charge in [0, 0.05) is 48.2 Å². The van der Waals surface area contributed by atoms with Crippen molar-refractivity contribution in [1.82, 2.24) is 9.88 Å². The molecule has 5 heteroatoms. The molecule has 0 atom stereocenters. The van der Waals surface area contributed by atoms with Gasteiger partial charge in [-0.3, -0.25) is 9.78 Å². The molecule has 0 amide bonds. The van der Waals surface area contributed by atoms with Gasteiger partial charge >= 0.3 is 0 Å². The van der Waals surface area contributed by atoms with Gasteiger partial charge in [-0.15, -0.1) is 0 Å². The zero-order valence-corrected chi connectivity index (χ0v) is 16.7. The molecule has 0 radical (unpaired) electrons. The summed E-state index contributed by atoms with van der Waals surface area (Å²) in [4.78, 5) is 18.6. The summed E-state index contributed by atoms with van der Waals surface area (Å²) in [5, 5.41) is 5.26. The van der Waals surface area contributed by atoms with Crippen molar-refractivity contribution in [3.63, 3.8) is 0 Å². The Balaban J connectivity index is 1.65. The van der Waals surface area contributed by atoms with Crippen molar-refractivity contribution in [2.75, 3.05) is 31.5 Å². The van der Waals surface area contributed by atoms with E-state index < -0.39 is 0 Å². The van der Waals surface area contributed by atoms with Crippen LogP contribution >= 0.6 is 11.6 Å². The van der Waals surface area contributed by atoms with Crippen molar-refractivity contribution in [3.05, 3.63) is 35.5 Å². The maximum Gasteiger partial charge on any atom is 0.134 e. The summed E-state index contributed by atoms with van der Waals surface area (Å²) in [6.07, 6.45) is 6.30. The van der Waals surface area contributed by atoms with Gasteiger partial charge in [0.15, 0.2) is 0 Å². The molecule has 26 heavy (non-hydrogen) atoms. The maximum atomic E-state index is 11.9. The number of nitrogens with one attached hydrogen (secondary N) is 1. The fourth-order valence-electron chi connectivity index (χ4n) is 3.07. The minimum atomic E-state index is 0.391. The van der Waals surface area contributed by atoms with Crippen molar-refractivity contribution in [3.8, 4) is 0 Å². The first kappa shape index (κ1) is 20.7. The molecule has 0 fully saturated rings. The third-order valence-electron chi connectivity index (χ3n) is 4.75. The van der Waals surface area contributed by atoms with Gasteiger partial charge < -0.3 is 10.2 Å². The van der Waals surface area contributed by atoms with Crippen molar-refractivity contribution in [1.29, 1.82) is 0 Å². The second-order valence-electron chi connectivity index (χ2n) is 6.57. The lowest BCUT2D eigenvalue weighted by atomic mass is 10.1. The van der Waals surface area contributed by atoms with Gasteiger partial charge in [0.25, 0.3) is 0 Å². The van der Waals surface area contributed by atoms with Crippen LogP contribution in [0.1, 0.15) is 46.0 Å². The standard InChI is InChI=1S/C21H30ClN3O/c1-3-25(4-2)15-12-18(26)8-6-5-7-13-23-20-11-14-24-21-16-17(22)9-10-19(20)21/h9-11,14,16H,3-8,12-13,15H2,1-2H3,(H,23,24). The summed E-state index contributed by atoms with van der Waals surface area (Å²) in [6, 6.07) is 7.76. The molecule has 0 spiro atoms. The molecule has 4 nitrogen and oxygen atoms in total. The molecule has 2 rings (SSSR count). The van der Waals surface area contributed by atoms with Gasteiger partial charge in [-0.1, -0.05) is 31.9 Å². The van der Waals surface area contributed by atoms with E-state index in [0.29, 0.717) is 23.6 Å². The van der Waals surface area contributed by atoms with E-state index in [4.69, 9.17) is 11.6 Å². The molecule has 0 saturated carbocycles. The van der Waals surface area contributed by atoms with E-state index in [9.17, 15) is 4.79 Å². The predicted octanol–water partition coefficient (Wildman–Crippen LogP) is 5.16. The van der Waals surface area contributed by atoms with Crippen LogP contribution in [0.3, 0.4) is 0 Å². The molecule has 142 valence electrons. The second kappa shape index (κ2) is 11.1. The molecule has 1 N–H and O–H groups in total. The first-order chi connectivity index (χ1) is 12.6. The molecule has 1 heterocycles. The highest BCUT2D eigenvalue weighted by Gasteiger charge is 2.06. The van der Waals surface area contributed by atoms with Crippen LogP contribution in [-0.2, 0) is 4.79 Å². The Bertz CT molecular complexity index is 701. The SMILES string of the molecule is CCN(CC)CCC(=O)CCCCCNc1ccnc2cc(Cl)ccc12. The highest BCUT2D eigenvalue weighted by molar-refractivity contribution is 6.31. The van der Waals surface area contributed by atoms with Crippen LogP contribution < -0.4 is 5.32 Å². The summed E-state index contributed by atoms with van der Waals surface area (Å²) in [6.45, 7) is 8.11. The molecular formula is C21H30ClN3O. The van der Waals surface area contributed by atoms with E-state index in [1.807, 2.05) is 24.3 Å². The molecule has 0 bridgehead atoms. The molecule has 0 saturated heterocycles. The first-order valence-corrected chi connectivity index (χ1v) is 10.0. The van der Waals surface area contributed by atoms with E-state index in [1.54, 1.807) is 6.20 Å². The smallest absolute Gasteiger partial charge is 0.134 e. The number of nitrogens with zero attached hydrogens (tertiary/aromatic N) is 2. The number of aromatic nitrogens is 1. The Morgan fingerprint density at radius 2 is 1.92 bits per heavy atom. The van der Waals surface area contributed by atoms with Crippen molar-refractivity contribution in [2.45, 2.75) is 46.0 Å². The van der Waals surface area contributed by atoms with E-state index in [-0.39, 0.29) is 0 Å². The quantitative estimate of drug-likeness (QED) is 0.520. The number of rotatable bonds is 12. The number of carbonyl (C=O) groups excluding carboxylic acids is 1. The maximum absolute atomic E-state index is 11.9. The fourth-order valence-corrected chi connectivity index (χ4v) is 3.24. The monoisotopic (exact) mass is 375 g/mol. The Labute approximate surface area is 161 Å². The van der Waals surface area contributed by atoms with Crippen LogP contribution in [0, 0.1) is 0 Å². The van der Waals surface area contributed by atoms with Crippen LogP contribution in [0.15, 0.2) is 30.5 Å². The zero-order valence-electron chi connectivity index (χ0n) is 15.9. The van der Waals surface area contributed by atoms with Crippen LogP contribution in [0.4, 0.5) is 5.69 Å². The topological polar surface area (TPSA) is 45.2 Å². The fraction of sp³-hybridized carbons (Fsp3) is 0.524. The Hall–Kier alpha value is -1.65. The van der Waals surface area contributed by atoms with Gasteiger partial charge in [-0.25, -0.2) is 0 Å². The third kappa shape index (κ3) is 6.58. The highest BCUT2D eigenvalue weighted by Crippen LogP contribution is 2.24. The number of hydrogen-bond acceptors (Lipinski definition) is 4. The van der Waals surface area contributed by atoms with E-state index in [1.165, 1.54) is 0 Å². The summed E-state index contributed by atoms with van der Waals surface area (Å²) in [7, 11) is 0. The average Bonchev–Trinajstić information content (AvgIpc) is 2.65. The molecule has 0 aliphatic heterocycles. The Morgan fingerprint density at radius 3 is 2.69 bits per heavy atom. The van der Waals surface area contributed by atoms with Crippen LogP contribution in [0.5, 0.6) is 0 Å². The normalized spacial score (nSPS) is 11.2. The van der Waals surface area contributed by atoms with E-state index >= 15 is 0 Å². The summed E-state index contributed by atoms with van der Waals surface area (Å²) < 4.78 is 0. The van der Waals surface area contributed by atoms with Gasteiger partial charge in [0.05, 0.1) is 5.52 Å². The lowest BCUT2D eigenvalue weighted by molar-refractivity contribution is -0.119. The molecule has 0 unspecified atom stereocenters. The molecule has 1 aromatic heterocycles. The number of halogens is 1. The molecule has 0 aliphatic carbocycles. The van der Waals surface area contributed by atoms with Gasteiger partial charge in [-0.2, -0.15) is 0 Å². The van der Waals surface area contributed by atoms with Gasteiger partial charge in [0.2, 0.25) is 0 Å². The minimum absolute atomic E-state index is 0.391. The van der Waals surface area contributed by atoms with Crippen LogP contribution in [-0.4, -0.2) is 41.8 Å². The van der Waals surface area contributed by atoms with Crippen molar-refractivity contribution in [2.24, 2.45) is 0 Å². The minimum Gasteiger partial charge on any atom is -0.384 e. The van der Waals surface area contributed by atoms with Gasteiger partial charge in [0.1, 0.15) is 5.78 Å². The number of unbranched alkanes of at least 4 members (excludes halogenated alkanes) is 2. The first-order valence-electron chi connectivity index (χ1n) is 9.66. The number of carbonyl (C=O) groups is 1. The zero-order chi connectivity index (χ0) is 18.8. The molecule has 1 aromatic carbocycles. The molecular weight excluding hydrogens is 346 g/mol. The number of benzene rings is 1. The summed E-state index contributed by atoms with van der Waals surface area (Å²) in [5.41, 5.74) is 1.99. The molecule has 0 aliphatic rings. The number of fused-ring (bicyclic) bond motifs is 1. The Kier molecular flexibility index (Phi) is 8.86. The lowest BCUT2D eigenvalue weighted by Crippen LogP contribution is -2.25. The average molecular weight is 376 g/mol. The number of Topliss-reactive ketones (excluding diaryl/α,β-unsaturated/α-hetero) is 1. The third-order valence-corrected chi connectivity index (χ3v) is 4.99. The molecule has 2 aromatic rings. The van der Waals surface area contributed by atoms with Crippen LogP contribution in [0.25, 0.3) is 10.9 Å². The number of pyridine rings is 1. The van der Waals surface area contributed by atoms with E-state index in [0.717, 1.165) is 62.0 Å². The lowest BCUT2D eigenvalue weighted by Gasteiger charge is -2.16. The number of anilines is 1. The highest BCUT2D eigenvalue weighted by atomic mass is 35.5. The predicted molar refractivity (Wildman–Crippen MR) is 111 cm³/mol. The number of ketones is 1. The second-order valence-corrected chi connectivity index (χ2v) is 7.01. The van der Waals surface area contributed by atoms with Crippen molar-refractivity contribution >= 4 is 34.0 Å². The number of hydrogen-bond donors (Lipinski definition) is 1. The largest absolute Gasteiger partial charge is 0.384 e. The summed E-state index contributed by atoms with van der Waals surface area (Å²) in [5.74, 6) is 0.391.